The number of nitro groups is 1. The van der Waals surface area contributed by atoms with Crippen LogP contribution in [0.25, 0.3) is 0 Å². The van der Waals surface area contributed by atoms with E-state index in [4.69, 9.17) is 4.74 Å². The van der Waals surface area contributed by atoms with Gasteiger partial charge in [0.2, 0.25) is 0 Å². The summed E-state index contributed by atoms with van der Waals surface area (Å²) in [5.41, 5.74) is -0.0433. The average molecular weight is 226 g/mol. The van der Waals surface area contributed by atoms with Crippen LogP contribution in [-0.2, 0) is 11.3 Å². The Morgan fingerprint density at radius 1 is 1.56 bits per heavy atom. The standard InChI is InChI=1S/C9H7FN2O4/c1-11-8-5(4-16-9(11)13)2-6(12(14)15)3-7(8)10/h2-3H,4H2,1H3. The molecule has 0 bridgehead atoms. The maximum atomic E-state index is 13.6. The van der Waals surface area contributed by atoms with Crippen molar-refractivity contribution in [1.29, 1.82) is 0 Å². The van der Waals surface area contributed by atoms with Crippen LogP contribution in [0.15, 0.2) is 12.1 Å². The predicted molar refractivity (Wildman–Crippen MR) is 51.6 cm³/mol. The summed E-state index contributed by atoms with van der Waals surface area (Å²) >= 11 is 0. The minimum atomic E-state index is -0.802. The lowest BCUT2D eigenvalue weighted by Gasteiger charge is -2.25. The van der Waals surface area contributed by atoms with Crippen molar-refractivity contribution in [3.05, 3.63) is 33.6 Å². The molecule has 1 aliphatic rings. The van der Waals surface area contributed by atoms with Crippen LogP contribution < -0.4 is 4.90 Å². The Labute approximate surface area is 89.4 Å². The molecule has 7 heteroatoms. The SMILES string of the molecule is CN1C(=O)OCc2cc([N+](=O)[O-])cc(F)c21. The van der Waals surface area contributed by atoms with E-state index >= 15 is 0 Å². The van der Waals surface area contributed by atoms with E-state index in [2.05, 4.69) is 0 Å². The van der Waals surface area contributed by atoms with Gasteiger partial charge in [-0.15, -0.1) is 0 Å². The third kappa shape index (κ3) is 1.46. The van der Waals surface area contributed by atoms with E-state index in [1.54, 1.807) is 0 Å². The van der Waals surface area contributed by atoms with Gasteiger partial charge in [0, 0.05) is 18.7 Å². The molecule has 0 aliphatic carbocycles. The highest BCUT2D eigenvalue weighted by atomic mass is 19.1. The van der Waals surface area contributed by atoms with E-state index in [1.807, 2.05) is 0 Å². The number of ether oxygens (including phenoxy) is 1. The molecule has 0 radical (unpaired) electrons. The highest BCUT2D eigenvalue weighted by Gasteiger charge is 2.28. The smallest absolute Gasteiger partial charge is 0.414 e. The van der Waals surface area contributed by atoms with E-state index in [0.717, 1.165) is 11.0 Å². The molecule has 1 aromatic carbocycles. The molecule has 1 amide bonds. The molecule has 84 valence electrons. The molecule has 0 saturated heterocycles. The van der Waals surface area contributed by atoms with Gasteiger partial charge in [0.25, 0.3) is 5.69 Å². The maximum Gasteiger partial charge on any atom is 0.414 e. The number of anilines is 1. The number of carbonyl (C=O) groups excluding carboxylic acids is 1. The van der Waals surface area contributed by atoms with Crippen LogP contribution in [0.3, 0.4) is 0 Å². The first-order valence-corrected chi connectivity index (χ1v) is 4.38. The number of carbonyl (C=O) groups is 1. The third-order valence-corrected chi connectivity index (χ3v) is 2.30. The molecule has 0 fully saturated rings. The van der Waals surface area contributed by atoms with E-state index in [9.17, 15) is 19.3 Å². The van der Waals surface area contributed by atoms with Gasteiger partial charge in [-0.1, -0.05) is 0 Å². The van der Waals surface area contributed by atoms with Gasteiger partial charge in [0.15, 0.2) is 5.82 Å². The molecule has 1 aliphatic heterocycles. The Balaban J connectivity index is 2.58. The van der Waals surface area contributed by atoms with Gasteiger partial charge < -0.3 is 4.74 Å². The largest absolute Gasteiger partial charge is 0.444 e. The molecule has 0 aromatic heterocycles. The Kier molecular flexibility index (Phi) is 2.22. The van der Waals surface area contributed by atoms with Gasteiger partial charge in [-0.25, -0.2) is 9.18 Å². The van der Waals surface area contributed by atoms with Crippen LogP contribution >= 0.6 is 0 Å². The van der Waals surface area contributed by atoms with Crippen molar-refractivity contribution in [3.63, 3.8) is 0 Å². The molecule has 16 heavy (non-hydrogen) atoms. The Morgan fingerprint density at radius 3 is 2.88 bits per heavy atom. The number of halogens is 1. The molecular formula is C9H7FN2O4. The molecule has 1 heterocycles. The molecule has 0 spiro atoms. The lowest BCUT2D eigenvalue weighted by molar-refractivity contribution is -0.385. The fourth-order valence-corrected chi connectivity index (χ4v) is 1.56. The van der Waals surface area contributed by atoms with Crippen LogP contribution in [0.2, 0.25) is 0 Å². The number of fused-ring (bicyclic) bond motifs is 1. The third-order valence-electron chi connectivity index (χ3n) is 2.30. The number of benzene rings is 1. The fraction of sp³-hybridized carbons (Fsp3) is 0.222. The molecule has 0 unspecified atom stereocenters. The molecule has 1 aromatic rings. The van der Waals surface area contributed by atoms with Gasteiger partial charge in [-0.05, 0) is 0 Å². The zero-order chi connectivity index (χ0) is 11.9. The van der Waals surface area contributed by atoms with Gasteiger partial charge in [-0.2, -0.15) is 0 Å². The molecule has 2 rings (SSSR count). The highest BCUT2D eigenvalue weighted by molar-refractivity contribution is 5.90. The van der Waals surface area contributed by atoms with Crippen molar-refractivity contribution < 1.29 is 18.8 Å². The fourth-order valence-electron chi connectivity index (χ4n) is 1.56. The number of hydrogen-bond acceptors (Lipinski definition) is 4. The number of cyclic esters (lactones) is 1. The Morgan fingerprint density at radius 2 is 2.25 bits per heavy atom. The van der Waals surface area contributed by atoms with Crippen molar-refractivity contribution in [1.82, 2.24) is 0 Å². The zero-order valence-electron chi connectivity index (χ0n) is 8.27. The van der Waals surface area contributed by atoms with Crippen LogP contribution in [-0.4, -0.2) is 18.1 Å². The Hall–Kier alpha value is -2.18. The van der Waals surface area contributed by atoms with Crippen molar-refractivity contribution in [2.45, 2.75) is 6.61 Å². The summed E-state index contributed by atoms with van der Waals surface area (Å²) in [6.45, 7) is -0.156. The number of non-ortho nitro benzene ring substituents is 1. The van der Waals surface area contributed by atoms with Crippen LogP contribution in [0.5, 0.6) is 0 Å². The summed E-state index contributed by atoms with van der Waals surface area (Å²) in [5.74, 6) is -0.802. The summed E-state index contributed by atoms with van der Waals surface area (Å²) in [7, 11) is 1.34. The first-order chi connectivity index (χ1) is 7.50. The highest BCUT2D eigenvalue weighted by Crippen LogP contribution is 2.32. The molecule has 0 atom stereocenters. The first-order valence-electron chi connectivity index (χ1n) is 4.38. The summed E-state index contributed by atoms with van der Waals surface area (Å²) < 4.78 is 18.3. The van der Waals surface area contributed by atoms with Crippen molar-refractivity contribution in [2.24, 2.45) is 0 Å². The summed E-state index contributed by atoms with van der Waals surface area (Å²) in [5, 5.41) is 10.5. The van der Waals surface area contributed by atoms with E-state index in [1.165, 1.54) is 13.1 Å². The lowest BCUT2D eigenvalue weighted by Crippen LogP contribution is -2.32. The lowest BCUT2D eigenvalue weighted by atomic mass is 10.1. The molecule has 0 saturated carbocycles. The van der Waals surface area contributed by atoms with Gasteiger partial charge in [0.1, 0.15) is 6.61 Å². The second-order valence-corrected chi connectivity index (χ2v) is 3.31. The van der Waals surface area contributed by atoms with E-state index in [-0.39, 0.29) is 23.5 Å². The van der Waals surface area contributed by atoms with Crippen LogP contribution in [0.1, 0.15) is 5.56 Å². The molecule has 0 N–H and O–H groups in total. The summed E-state index contributed by atoms with van der Waals surface area (Å²) in [6, 6.07) is 1.98. The topological polar surface area (TPSA) is 72.7 Å². The number of rotatable bonds is 1. The number of nitrogens with zero attached hydrogens (tertiary/aromatic N) is 2. The van der Waals surface area contributed by atoms with Gasteiger partial charge in [0.05, 0.1) is 16.7 Å². The van der Waals surface area contributed by atoms with Crippen molar-refractivity contribution >= 4 is 17.5 Å². The number of hydrogen-bond donors (Lipinski definition) is 0. The second-order valence-electron chi connectivity index (χ2n) is 3.31. The zero-order valence-corrected chi connectivity index (χ0v) is 8.27. The van der Waals surface area contributed by atoms with Crippen LogP contribution in [0, 0.1) is 15.9 Å². The average Bonchev–Trinajstić information content (AvgIpc) is 2.22. The normalized spacial score (nSPS) is 14.4. The quantitative estimate of drug-likeness (QED) is 0.540. The van der Waals surface area contributed by atoms with E-state index < -0.39 is 16.8 Å². The molecular weight excluding hydrogens is 219 g/mol. The first kappa shape index (κ1) is 10.3. The summed E-state index contributed by atoms with van der Waals surface area (Å²) in [6.07, 6.45) is -0.680. The number of amides is 1. The number of nitro benzene ring substituents is 1. The van der Waals surface area contributed by atoms with Crippen LogP contribution in [0.4, 0.5) is 20.6 Å². The van der Waals surface area contributed by atoms with Gasteiger partial charge >= 0.3 is 6.09 Å². The predicted octanol–water partition coefficient (Wildman–Crippen LogP) is 1.82. The summed E-state index contributed by atoms with van der Waals surface area (Å²) in [4.78, 5) is 21.9. The monoisotopic (exact) mass is 226 g/mol. The minimum Gasteiger partial charge on any atom is -0.444 e. The van der Waals surface area contributed by atoms with E-state index in [0.29, 0.717) is 0 Å². The van der Waals surface area contributed by atoms with Gasteiger partial charge in [-0.3, -0.25) is 15.0 Å². The second kappa shape index (κ2) is 3.44. The minimum absolute atomic E-state index is 0.0295. The Bertz CT molecular complexity index is 489. The molecule has 6 nitrogen and oxygen atoms in total. The maximum absolute atomic E-state index is 13.6. The van der Waals surface area contributed by atoms with Crippen molar-refractivity contribution in [3.8, 4) is 0 Å². The van der Waals surface area contributed by atoms with Crippen molar-refractivity contribution in [2.75, 3.05) is 11.9 Å².